The first kappa shape index (κ1) is 23.7. The molecule has 164 valence electrons. The summed E-state index contributed by atoms with van der Waals surface area (Å²) in [6.07, 6.45) is 3.87. The molecule has 30 heavy (non-hydrogen) atoms. The van der Waals surface area contributed by atoms with Crippen LogP contribution in [0.4, 0.5) is 0 Å². The van der Waals surface area contributed by atoms with E-state index < -0.39 is 29.4 Å². The van der Waals surface area contributed by atoms with E-state index in [4.69, 9.17) is 0 Å². The maximum Gasteiger partial charge on any atom is 0.328 e. The summed E-state index contributed by atoms with van der Waals surface area (Å²) in [4.78, 5) is 48.9. The van der Waals surface area contributed by atoms with Crippen molar-refractivity contribution in [3.63, 3.8) is 0 Å². The van der Waals surface area contributed by atoms with Crippen molar-refractivity contribution >= 4 is 35.5 Å². The molecule has 0 radical (unpaired) electrons. The van der Waals surface area contributed by atoms with Gasteiger partial charge in [-0.25, -0.2) is 4.79 Å². The molecular formula is C21H28N2O6S. The van der Waals surface area contributed by atoms with Crippen molar-refractivity contribution in [3.8, 4) is 0 Å². The molecule has 1 saturated heterocycles. The summed E-state index contributed by atoms with van der Waals surface area (Å²) in [6, 6.07) is 7.02. The highest BCUT2D eigenvalue weighted by atomic mass is 32.2. The quantitative estimate of drug-likeness (QED) is 0.423. The first-order valence-electron chi connectivity index (χ1n) is 9.69. The van der Waals surface area contributed by atoms with E-state index in [1.807, 2.05) is 30.5 Å². The zero-order valence-electron chi connectivity index (χ0n) is 17.5. The Morgan fingerprint density at radius 2 is 1.90 bits per heavy atom. The van der Waals surface area contributed by atoms with Crippen LogP contribution in [-0.4, -0.2) is 55.8 Å². The van der Waals surface area contributed by atoms with Gasteiger partial charge in [0.05, 0.1) is 20.6 Å². The van der Waals surface area contributed by atoms with Crippen molar-refractivity contribution in [2.45, 2.75) is 55.0 Å². The third-order valence-corrected chi connectivity index (χ3v) is 5.93. The van der Waals surface area contributed by atoms with Crippen molar-refractivity contribution < 1.29 is 28.7 Å². The van der Waals surface area contributed by atoms with Crippen LogP contribution < -0.4 is 10.6 Å². The monoisotopic (exact) mass is 436 g/mol. The Labute approximate surface area is 180 Å². The topological polar surface area (TPSA) is 111 Å². The van der Waals surface area contributed by atoms with E-state index in [0.717, 1.165) is 10.5 Å². The Bertz CT molecular complexity index is 782. The van der Waals surface area contributed by atoms with E-state index in [0.29, 0.717) is 25.7 Å². The van der Waals surface area contributed by atoms with Gasteiger partial charge in [0.2, 0.25) is 11.8 Å². The minimum atomic E-state index is -1.11. The van der Waals surface area contributed by atoms with E-state index >= 15 is 0 Å². The Morgan fingerprint density at radius 1 is 1.20 bits per heavy atom. The molecule has 2 amide bonds. The Kier molecular flexibility index (Phi) is 8.71. The third-order valence-electron chi connectivity index (χ3n) is 5.19. The number of amides is 2. The van der Waals surface area contributed by atoms with Gasteiger partial charge in [-0.05, 0) is 43.2 Å². The lowest BCUT2D eigenvalue weighted by Crippen LogP contribution is -2.46. The van der Waals surface area contributed by atoms with Crippen LogP contribution in [0, 0.1) is 0 Å². The van der Waals surface area contributed by atoms with Crippen molar-refractivity contribution in [2.75, 3.05) is 20.5 Å². The molecule has 1 heterocycles. The molecule has 1 aliphatic heterocycles. The number of benzene rings is 1. The second kappa shape index (κ2) is 11.0. The molecule has 0 saturated carbocycles. The highest BCUT2D eigenvalue weighted by Gasteiger charge is 2.38. The molecule has 1 aromatic carbocycles. The van der Waals surface area contributed by atoms with E-state index in [1.54, 1.807) is 11.8 Å². The van der Waals surface area contributed by atoms with Crippen molar-refractivity contribution in [3.05, 3.63) is 29.8 Å². The lowest BCUT2D eigenvalue weighted by Gasteiger charge is -2.29. The van der Waals surface area contributed by atoms with Gasteiger partial charge in [0.1, 0.15) is 6.04 Å². The van der Waals surface area contributed by atoms with Crippen LogP contribution in [0.5, 0.6) is 0 Å². The van der Waals surface area contributed by atoms with Crippen molar-refractivity contribution in [2.24, 2.45) is 0 Å². The standard InChI is InChI=1S/C21H28N2O6S/c1-28-19(26)12-16(20(27)29-2)22-17(24)8-10-21(11-9-18(25)23-21)13-14-4-6-15(30-3)7-5-14/h4-7,16H,8-13H2,1-3H3,(H,22,24)(H,23,25)/t16-,21-/m0/s1. The van der Waals surface area contributed by atoms with E-state index in [1.165, 1.54) is 14.2 Å². The minimum Gasteiger partial charge on any atom is -0.469 e. The smallest absolute Gasteiger partial charge is 0.328 e. The normalized spacial score (nSPS) is 19.0. The Hall–Kier alpha value is -2.55. The first-order valence-corrected chi connectivity index (χ1v) is 10.9. The summed E-state index contributed by atoms with van der Waals surface area (Å²) in [5, 5.41) is 5.57. The van der Waals surface area contributed by atoms with Crippen LogP contribution in [0.25, 0.3) is 0 Å². The fourth-order valence-electron chi connectivity index (χ4n) is 3.52. The van der Waals surface area contributed by atoms with Crippen LogP contribution in [0.2, 0.25) is 0 Å². The molecule has 0 aliphatic carbocycles. The predicted molar refractivity (Wildman–Crippen MR) is 112 cm³/mol. The number of hydrogen-bond acceptors (Lipinski definition) is 7. The van der Waals surface area contributed by atoms with Gasteiger partial charge in [-0.2, -0.15) is 0 Å². The molecule has 0 spiro atoms. The number of nitrogens with one attached hydrogen (secondary N) is 2. The average Bonchev–Trinajstić information content (AvgIpc) is 3.12. The lowest BCUT2D eigenvalue weighted by molar-refractivity contribution is -0.150. The number of carbonyl (C=O) groups excluding carboxylic acids is 4. The number of ether oxygens (including phenoxy) is 2. The zero-order chi connectivity index (χ0) is 22.1. The first-order chi connectivity index (χ1) is 14.3. The highest BCUT2D eigenvalue weighted by Crippen LogP contribution is 2.30. The number of thioether (sulfide) groups is 1. The number of rotatable bonds is 10. The lowest BCUT2D eigenvalue weighted by atomic mass is 9.85. The Balaban J connectivity index is 2.02. The minimum absolute atomic E-state index is 0.0331. The molecule has 2 N–H and O–H groups in total. The molecule has 1 aromatic rings. The number of carbonyl (C=O) groups is 4. The fraction of sp³-hybridized carbons (Fsp3) is 0.524. The second-order valence-corrected chi connectivity index (χ2v) is 8.16. The maximum absolute atomic E-state index is 12.5. The van der Waals surface area contributed by atoms with Crippen LogP contribution >= 0.6 is 11.8 Å². The summed E-state index contributed by atoms with van der Waals surface area (Å²) in [5.41, 5.74) is 0.562. The van der Waals surface area contributed by atoms with E-state index in [9.17, 15) is 19.2 Å². The third kappa shape index (κ3) is 6.76. The molecule has 0 aromatic heterocycles. The predicted octanol–water partition coefficient (Wildman–Crippen LogP) is 1.60. The van der Waals surface area contributed by atoms with Gasteiger partial charge in [0.15, 0.2) is 0 Å². The average molecular weight is 437 g/mol. The molecule has 0 unspecified atom stereocenters. The fourth-order valence-corrected chi connectivity index (χ4v) is 3.93. The SMILES string of the molecule is COC(=O)C[C@H](NC(=O)CC[C@@]1(Cc2ccc(SC)cc2)CCC(=O)N1)C(=O)OC. The summed E-state index contributed by atoms with van der Waals surface area (Å²) in [6.45, 7) is 0. The van der Waals surface area contributed by atoms with Crippen LogP contribution in [0.15, 0.2) is 29.2 Å². The van der Waals surface area contributed by atoms with Gasteiger partial charge in [-0.15, -0.1) is 11.8 Å². The van der Waals surface area contributed by atoms with Gasteiger partial charge in [-0.1, -0.05) is 12.1 Å². The summed E-state index contributed by atoms with van der Waals surface area (Å²) < 4.78 is 9.21. The summed E-state index contributed by atoms with van der Waals surface area (Å²) >= 11 is 1.66. The largest absolute Gasteiger partial charge is 0.469 e. The van der Waals surface area contributed by atoms with Crippen LogP contribution in [0.3, 0.4) is 0 Å². The molecular weight excluding hydrogens is 408 g/mol. The van der Waals surface area contributed by atoms with Crippen molar-refractivity contribution in [1.82, 2.24) is 10.6 Å². The molecule has 8 nitrogen and oxygen atoms in total. The maximum atomic E-state index is 12.5. The molecule has 1 fully saturated rings. The van der Waals surface area contributed by atoms with Gasteiger partial charge in [0, 0.05) is 23.3 Å². The van der Waals surface area contributed by atoms with E-state index in [2.05, 4.69) is 20.1 Å². The second-order valence-electron chi connectivity index (χ2n) is 7.28. The van der Waals surface area contributed by atoms with Gasteiger partial charge in [0.25, 0.3) is 0 Å². The molecule has 0 bridgehead atoms. The van der Waals surface area contributed by atoms with Gasteiger partial charge < -0.3 is 20.1 Å². The summed E-state index contributed by atoms with van der Waals surface area (Å²) in [5.74, 6) is -1.77. The van der Waals surface area contributed by atoms with Crippen LogP contribution in [0.1, 0.15) is 37.7 Å². The number of hydrogen-bond donors (Lipinski definition) is 2. The molecule has 2 rings (SSSR count). The Morgan fingerprint density at radius 3 is 2.43 bits per heavy atom. The van der Waals surface area contributed by atoms with E-state index in [-0.39, 0.29) is 18.7 Å². The molecule has 1 aliphatic rings. The van der Waals surface area contributed by atoms with Gasteiger partial charge >= 0.3 is 11.9 Å². The van der Waals surface area contributed by atoms with Crippen molar-refractivity contribution in [1.29, 1.82) is 0 Å². The summed E-state index contributed by atoms with van der Waals surface area (Å²) in [7, 11) is 2.39. The number of methoxy groups -OCH3 is 2. The molecule has 2 atom stereocenters. The molecule has 9 heteroatoms. The highest BCUT2D eigenvalue weighted by molar-refractivity contribution is 7.98. The number of esters is 2. The van der Waals surface area contributed by atoms with Crippen LogP contribution in [-0.2, 0) is 35.1 Å². The zero-order valence-corrected chi connectivity index (χ0v) is 18.3. The van der Waals surface area contributed by atoms with Gasteiger partial charge in [-0.3, -0.25) is 14.4 Å².